The quantitative estimate of drug-likeness (QED) is 0.286. The highest BCUT2D eigenvalue weighted by Crippen LogP contribution is 2.43. The van der Waals surface area contributed by atoms with Crippen LogP contribution in [0, 0.1) is 11.3 Å². The Morgan fingerprint density at radius 2 is 2.03 bits per heavy atom. The van der Waals surface area contributed by atoms with Gasteiger partial charge in [-0.2, -0.15) is 0 Å². The monoisotopic (exact) mass is 464 g/mol. The minimum Gasteiger partial charge on any atom is -0.272 e. The molecule has 0 saturated heterocycles. The Morgan fingerprint density at radius 1 is 1.25 bits per heavy atom. The zero-order chi connectivity index (χ0) is 22.5. The Bertz CT molecular complexity index is 1360. The number of aryl methyl sites for hydroxylation is 1. The van der Waals surface area contributed by atoms with Crippen LogP contribution in [0.15, 0.2) is 52.9 Å². The molecule has 3 aromatic heterocycles. The lowest BCUT2D eigenvalue weighted by molar-refractivity contribution is 0.218. The first-order chi connectivity index (χ1) is 15.4. The molecular weight excluding hydrogens is 436 g/mol. The summed E-state index contributed by atoms with van der Waals surface area (Å²) in [7, 11) is 0. The number of benzene rings is 1. The topological polar surface area (TPSA) is 52.2 Å². The van der Waals surface area contributed by atoms with Crippen molar-refractivity contribution in [2.45, 2.75) is 51.7 Å². The summed E-state index contributed by atoms with van der Waals surface area (Å²) in [5.74, 6) is 1.99. The van der Waals surface area contributed by atoms with Crippen molar-refractivity contribution < 1.29 is 0 Å². The van der Waals surface area contributed by atoms with Crippen LogP contribution in [-0.2, 0) is 19.4 Å². The lowest BCUT2D eigenvalue weighted by atomic mass is 9.72. The van der Waals surface area contributed by atoms with Crippen molar-refractivity contribution >= 4 is 39.1 Å². The molecule has 1 aromatic carbocycles. The largest absolute Gasteiger partial charge is 0.272 e. The Labute approximate surface area is 196 Å². The summed E-state index contributed by atoms with van der Waals surface area (Å²) in [4.78, 5) is 16.2. The fourth-order valence-corrected chi connectivity index (χ4v) is 6.81. The van der Waals surface area contributed by atoms with Gasteiger partial charge in [-0.1, -0.05) is 68.9 Å². The van der Waals surface area contributed by atoms with Crippen LogP contribution in [0.25, 0.3) is 16.0 Å². The fourth-order valence-electron chi connectivity index (χ4n) is 4.66. The molecule has 0 saturated carbocycles. The van der Waals surface area contributed by atoms with Crippen LogP contribution in [0.2, 0.25) is 0 Å². The van der Waals surface area contributed by atoms with E-state index in [-0.39, 0.29) is 11.0 Å². The van der Waals surface area contributed by atoms with Gasteiger partial charge in [0, 0.05) is 10.6 Å². The Morgan fingerprint density at radius 3 is 2.75 bits per heavy atom. The Balaban J connectivity index is 1.75. The molecule has 0 bridgehead atoms. The fraction of sp³-hybridized carbons (Fsp3) is 0.400. The van der Waals surface area contributed by atoms with Gasteiger partial charge < -0.3 is 0 Å². The molecule has 1 aliphatic carbocycles. The third kappa shape index (κ3) is 3.61. The van der Waals surface area contributed by atoms with Gasteiger partial charge >= 0.3 is 0 Å². The number of fused-ring (bicyclic) bond motifs is 5. The van der Waals surface area contributed by atoms with Gasteiger partial charge in [-0.15, -0.1) is 28.1 Å². The summed E-state index contributed by atoms with van der Waals surface area (Å²) in [6.45, 7) is 11.3. The summed E-state index contributed by atoms with van der Waals surface area (Å²) in [6, 6.07) is 10.1. The van der Waals surface area contributed by atoms with Crippen LogP contribution in [0.1, 0.15) is 43.2 Å². The minimum absolute atomic E-state index is 0.0516. The van der Waals surface area contributed by atoms with Crippen LogP contribution < -0.4 is 5.56 Å². The van der Waals surface area contributed by atoms with Crippen LogP contribution in [0.3, 0.4) is 0 Å². The van der Waals surface area contributed by atoms with E-state index in [1.807, 2.05) is 36.4 Å². The molecule has 7 heteroatoms. The van der Waals surface area contributed by atoms with Gasteiger partial charge in [0.2, 0.25) is 5.78 Å². The minimum atomic E-state index is 0.0516. The van der Waals surface area contributed by atoms with E-state index in [9.17, 15) is 4.79 Å². The van der Waals surface area contributed by atoms with E-state index in [4.69, 9.17) is 0 Å². The summed E-state index contributed by atoms with van der Waals surface area (Å²) in [5, 5.41) is 10.6. The SMILES string of the molecule is C=CCSc1nnc2n(Cc3ccccc3)c(=O)c3c4c(sc3n12)C[C@H](C(C)(C)C)CC4. The molecule has 5 nitrogen and oxygen atoms in total. The molecule has 0 unspecified atom stereocenters. The van der Waals surface area contributed by atoms with E-state index >= 15 is 0 Å². The van der Waals surface area contributed by atoms with Crippen molar-refractivity contribution in [1.82, 2.24) is 19.2 Å². The average molecular weight is 465 g/mol. The molecule has 4 aromatic rings. The van der Waals surface area contributed by atoms with Crippen molar-refractivity contribution in [3.05, 3.63) is 69.3 Å². The van der Waals surface area contributed by atoms with Gasteiger partial charge in [-0.05, 0) is 41.7 Å². The summed E-state index contributed by atoms with van der Waals surface area (Å²) in [5.41, 5.74) is 2.64. The Hall–Kier alpha value is -2.38. The standard InChI is InChI=1S/C25H28N4OS2/c1-5-13-31-24-27-26-23-28(15-16-9-7-6-8-10-16)21(30)20-18-12-11-17(25(2,3)4)14-19(18)32-22(20)29(23)24/h5-10,17H,1,11-15H2,2-4H3/t17-/m1/s1. The zero-order valence-electron chi connectivity index (χ0n) is 18.8. The van der Waals surface area contributed by atoms with Crippen molar-refractivity contribution in [2.24, 2.45) is 11.3 Å². The molecule has 166 valence electrons. The van der Waals surface area contributed by atoms with Crippen molar-refractivity contribution in [1.29, 1.82) is 0 Å². The number of hydrogen-bond donors (Lipinski definition) is 0. The molecule has 32 heavy (non-hydrogen) atoms. The number of rotatable bonds is 5. The third-order valence-electron chi connectivity index (χ3n) is 6.51. The molecular formula is C25H28N4OS2. The van der Waals surface area contributed by atoms with E-state index in [1.165, 1.54) is 10.4 Å². The number of nitrogens with zero attached hydrogens (tertiary/aromatic N) is 4. The van der Waals surface area contributed by atoms with E-state index < -0.39 is 0 Å². The van der Waals surface area contributed by atoms with Crippen LogP contribution in [0.5, 0.6) is 0 Å². The van der Waals surface area contributed by atoms with Crippen molar-refractivity contribution in [3.8, 4) is 0 Å². The lowest BCUT2D eigenvalue weighted by Gasteiger charge is -2.33. The first-order valence-electron chi connectivity index (χ1n) is 11.1. The number of thioether (sulfide) groups is 1. The second kappa shape index (κ2) is 8.19. The molecule has 1 atom stereocenters. The summed E-state index contributed by atoms with van der Waals surface area (Å²) < 4.78 is 3.90. The van der Waals surface area contributed by atoms with Gasteiger partial charge in [0.1, 0.15) is 4.83 Å². The van der Waals surface area contributed by atoms with Crippen LogP contribution in [-0.4, -0.2) is 24.9 Å². The van der Waals surface area contributed by atoms with Gasteiger partial charge in [0.25, 0.3) is 5.56 Å². The first kappa shape index (κ1) is 21.5. The zero-order valence-corrected chi connectivity index (χ0v) is 20.4. The Kier molecular flexibility index (Phi) is 5.50. The van der Waals surface area contributed by atoms with Crippen molar-refractivity contribution in [2.75, 3.05) is 5.75 Å². The average Bonchev–Trinajstić information content (AvgIpc) is 3.36. The van der Waals surface area contributed by atoms with Gasteiger partial charge in [0.05, 0.1) is 11.9 Å². The molecule has 0 N–H and O–H groups in total. The van der Waals surface area contributed by atoms with Gasteiger partial charge in [-0.3, -0.25) is 9.36 Å². The normalized spacial score (nSPS) is 16.5. The molecule has 0 spiro atoms. The number of hydrogen-bond acceptors (Lipinski definition) is 5. The summed E-state index contributed by atoms with van der Waals surface area (Å²) in [6.07, 6.45) is 4.99. The second-order valence-electron chi connectivity index (χ2n) is 9.58. The van der Waals surface area contributed by atoms with E-state index in [0.29, 0.717) is 18.2 Å². The highest BCUT2D eigenvalue weighted by molar-refractivity contribution is 7.99. The maximum absolute atomic E-state index is 13.8. The maximum atomic E-state index is 13.8. The molecule has 3 heterocycles. The highest BCUT2D eigenvalue weighted by atomic mass is 32.2. The van der Waals surface area contributed by atoms with E-state index in [1.54, 1.807) is 27.7 Å². The predicted octanol–water partition coefficient (Wildman–Crippen LogP) is 5.58. The van der Waals surface area contributed by atoms with Crippen molar-refractivity contribution in [3.63, 3.8) is 0 Å². The molecule has 5 rings (SSSR count). The van der Waals surface area contributed by atoms with Gasteiger partial charge in [-0.25, -0.2) is 4.40 Å². The van der Waals surface area contributed by atoms with E-state index in [2.05, 4.69) is 41.9 Å². The molecule has 0 radical (unpaired) electrons. The second-order valence-corrected chi connectivity index (χ2v) is 11.7. The lowest BCUT2D eigenvalue weighted by Crippen LogP contribution is -2.27. The summed E-state index contributed by atoms with van der Waals surface area (Å²) >= 11 is 3.37. The van der Waals surface area contributed by atoms with Crippen LogP contribution in [0.4, 0.5) is 0 Å². The highest BCUT2D eigenvalue weighted by Gasteiger charge is 2.32. The van der Waals surface area contributed by atoms with Gasteiger partial charge in [0.15, 0.2) is 5.16 Å². The van der Waals surface area contributed by atoms with E-state index in [0.717, 1.165) is 46.0 Å². The maximum Gasteiger partial charge on any atom is 0.264 e. The number of thiophene rings is 1. The molecule has 0 amide bonds. The molecule has 0 aliphatic heterocycles. The number of aromatic nitrogens is 4. The smallest absolute Gasteiger partial charge is 0.264 e. The third-order valence-corrected chi connectivity index (χ3v) is 8.67. The predicted molar refractivity (Wildman–Crippen MR) is 134 cm³/mol. The first-order valence-corrected chi connectivity index (χ1v) is 12.9. The van der Waals surface area contributed by atoms with Crippen LogP contribution >= 0.6 is 23.1 Å². The molecule has 0 fully saturated rings. The molecule has 1 aliphatic rings.